The first kappa shape index (κ1) is 52.3. The lowest BCUT2D eigenvalue weighted by atomic mass is 10.1. The number of ether oxygens (including phenoxy) is 3. The molecule has 0 aromatic carbocycles. The van der Waals surface area contributed by atoms with Crippen LogP contribution >= 0.6 is 0 Å². The van der Waals surface area contributed by atoms with Crippen molar-refractivity contribution in [1.29, 1.82) is 0 Å². The summed E-state index contributed by atoms with van der Waals surface area (Å²) in [6.07, 6.45) is 57.1. The van der Waals surface area contributed by atoms with Gasteiger partial charge < -0.3 is 14.2 Å². The molecule has 0 aromatic rings. The summed E-state index contributed by atoms with van der Waals surface area (Å²) in [6, 6.07) is 0. The maximum absolute atomic E-state index is 12.7. The molecule has 0 N–H and O–H groups in total. The van der Waals surface area contributed by atoms with Crippen molar-refractivity contribution in [2.75, 3.05) is 13.2 Å². The fourth-order valence-electron chi connectivity index (χ4n) is 5.56. The average Bonchev–Trinajstić information content (AvgIpc) is 3.19. The first-order valence-corrected chi connectivity index (χ1v) is 22.3. The molecular formula is C50H80O6. The molecule has 0 heterocycles. The van der Waals surface area contributed by atoms with E-state index in [4.69, 9.17) is 14.2 Å². The first-order chi connectivity index (χ1) is 27.5. The molecule has 316 valence electrons. The van der Waals surface area contributed by atoms with Crippen LogP contribution in [0, 0.1) is 0 Å². The van der Waals surface area contributed by atoms with Crippen molar-refractivity contribution in [3.05, 3.63) is 97.2 Å². The van der Waals surface area contributed by atoms with Crippen LogP contribution in [-0.2, 0) is 28.6 Å². The first-order valence-electron chi connectivity index (χ1n) is 22.3. The highest BCUT2D eigenvalue weighted by molar-refractivity contribution is 5.72. The van der Waals surface area contributed by atoms with Crippen LogP contribution in [0.25, 0.3) is 0 Å². The Morgan fingerprint density at radius 1 is 0.411 bits per heavy atom. The van der Waals surface area contributed by atoms with Gasteiger partial charge in [0, 0.05) is 12.8 Å². The van der Waals surface area contributed by atoms with Crippen LogP contribution in [0.2, 0.25) is 0 Å². The van der Waals surface area contributed by atoms with Gasteiger partial charge in [0.1, 0.15) is 13.2 Å². The van der Waals surface area contributed by atoms with Gasteiger partial charge in [0.15, 0.2) is 6.10 Å². The third-order valence-electron chi connectivity index (χ3n) is 8.86. The number of carbonyl (C=O) groups excluding carboxylic acids is 3. The lowest BCUT2D eigenvalue weighted by molar-refractivity contribution is -0.166. The zero-order valence-corrected chi connectivity index (χ0v) is 35.9. The van der Waals surface area contributed by atoms with Crippen molar-refractivity contribution in [3.8, 4) is 0 Å². The van der Waals surface area contributed by atoms with Crippen molar-refractivity contribution in [1.82, 2.24) is 0 Å². The molecule has 1 atom stereocenters. The molecule has 0 fully saturated rings. The third kappa shape index (κ3) is 41.5. The minimum Gasteiger partial charge on any atom is -0.462 e. The lowest BCUT2D eigenvalue weighted by Gasteiger charge is -2.18. The van der Waals surface area contributed by atoms with Crippen LogP contribution in [0.4, 0.5) is 0 Å². The maximum atomic E-state index is 12.7. The molecular weight excluding hydrogens is 697 g/mol. The molecule has 0 aliphatic heterocycles. The van der Waals surface area contributed by atoms with Gasteiger partial charge in [-0.2, -0.15) is 0 Å². The largest absolute Gasteiger partial charge is 0.462 e. The Morgan fingerprint density at radius 2 is 0.821 bits per heavy atom. The lowest BCUT2D eigenvalue weighted by Crippen LogP contribution is -2.30. The summed E-state index contributed by atoms with van der Waals surface area (Å²) in [5.74, 6) is -1.10. The number of unbranched alkanes of at least 4 members (excludes halogenated alkanes) is 13. The van der Waals surface area contributed by atoms with Crippen molar-refractivity contribution in [3.63, 3.8) is 0 Å². The molecule has 0 radical (unpaired) electrons. The second-order valence-electron chi connectivity index (χ2n) is 14.2. The molecule has 0 amide bonds. The second-order valence-corrected chi connectivity index (χ2v) is 14.2. The molecule has 0 rings (SSSR count). The summed E-state index contributed by atoms with van der Waals surface area (Å²) in [7, 11) is 0. The third-order valence-corrected chi connectivity index (χ3v) is 8.86. The van der Waals surface area contributed by atoms with Crippen molar-refractivity contribution < 1.29 is 28.6 Å². The predicted octanol–water partition coefficient (Wildman–Crippen LogP) is 14.2. The van der Waals surface area contributed by atoms with Crippen molar-refractivity contribution in [2.45, 2.75) is 187 Å². The van der Waals surface area contributed by atoms with E-state index in [1.165, 1.54) is 38.5 Å². The summed E-state index contributed by atoms with van der Waals surface area (Å²) in [4.78, 5) is 37.6. The standard InChI is InChI=1S/C50H80O6/c1-4-7-10-13-16-19-21-23-25-27-28-31-34-37-40-43-49(52)55-46-47(45-54-48(51)42-39-36-33-30-18-15-12-9-6-3)56-50(53)44-41-38-35-32-29-26-24-22-20-17-14-11-8-5-2/h8-9,11-12,16-21,23-24,26,30,36,39,47H,4-7,10,13-15,22,25,27-29,31-35,37-38,40-46H2,1-3H3/b11-8-,12-9-,19-16-,20-17-,23-21-,26-24-,30-18-,39-36-. The van der Waals surface area contributed by atoms with E-state index < -0.39 is 12.1 Å². The Hall–Kier alpha value is -3.67. The summed E-state index contributed by atoms with van der Waals surface area (Å²) >= 11 is 0. The normalized spacial score (nSPS) is 13.0. The summed E-state index contributed by atoms with van der Waals surface area (Å²) in [6.45, 7) is 6.22. The van der Waals surface area contributed by atoms with E-state index in [-0.39, 0.29) is 38.0 Å². The van der Waals surface area contributed by atoms with Gasteiger partial charge in [-0.1, -0.05) is 169 Å². The van der Waals surface area contributed by atoms with Crippen molar-refractivity contribution >= 4 is 17.9 Å². The van der Waals surface area contributed by atoms with E-state index in [0.29, 0.717) is 6.42 Å². The zero-order chi connectivity index (χ0) is 40.8. The summed E-state index contributed by atoms with van der Waals surface area (Å²) in [5, 5.41) is 0. The zero-order valence-electron chi connectivity index (χ0n) is 35.9. The molecule has 6 nitrogen and oxygen atoms in total. The number of esters is 3. The van der Waals surface area contributed by atoms with E-state index in [1.54, 1.807) is 6.08 Å². The predicted molar refractivity (Wildman–Crippen MR) is 237 cm³/mol. The number of carbonyl (C=O) groups is 3. The number of allylic oxidation sites excluding steroid dienone is 15. The van der Waals surface area contributed by atoms with Gasteiger partial charge in [-0.15, -0.1) is 0 Å². The Labute approximate surface area is 343 Å². The molecule has 6 heteroatoms. The van der Waals surface area contributed by atoms with Crippen molar-refractivity contribution in [2.24, 2.45) is 0 Å². The molecule has 0 bridgehead atoms. The van der Waals surface area contributed by atoms with E-state index in [2.05, 4.69) is 106 Å². The highest BCUT2D eigenvalue weighted by atomic mass is 16.6. The molecule has 56 heavy (non-hydrogen) atoms. The summed E-state index contributed by atoms with van der Waals surface area (Å²) in [5.41, 5.74) is 0. The molecule has 0 saturated heterocycles. The second kappa shape index (κ2) is 44.0. The van der Waals surface area contributed by atoms with Gasteiger partial charge in [0.2, 0.25) is 0 Å². The Kier molecular flexibility index (Phi) is 41.2. The molecule has 0 aliphatic carbocycles. The monoisotopic (exact) mass is 777 g/mol. The molecule has 0 spiro atoms. The van der Waals surface area contributed by atoms with E-state index in [9.17, 15) is 14.4 Å². The minimum absolute atomic E-state index is 0.122. The Morgan fingerprint density at radius 3 is 1.36 bits per heavy atom. The van der Waals surface area contributed by atoms with Crippen LogP contribution in [0.3, 0.4) is 0 Å². The SMILES string of the molecule is CC/C=C\C/C=C\C/C=C\CCCCCCC(=O)OC(COC(=O)C/C=C\C/C=C\C/C=C\CC)COC(=O)CCCCCCCC/C=C\C=C/CCCCC. The maximum Gasteiger partial charge on any atom is 0.309 e. The Balaban J connectivity index is 4.50. The van der Waals surface area contributed by atoms with Gasteiger partial charge in [0.05, 0.1) is 6.42 Å². The highest BCUT2D eigenvalue weighted by Gasteiger charge is 2.19. The Bertz CT molecular complexity index is 1170. The quantitative estimate of drug-likeness (QED) is 0.0204. The van der Waals surface area contributed by atoms with Gasteiger partial charge in [-0.05, 0) is 89.9 Å². The summed E-state index contributed by atoms with van der Waals surface area (Å²) < 4.78 is 16.5. The fourth-order valence-corrected chi connectivity index (χ4v) is 5.56. The van der Waals surface area contributed by atoms with Crippen LogP contribution < -0.4 is 0 Å². The van der Waals surface area contributed by atoms with Crippen LogP contribution in [-0.4, -0.2) is 37.2 Å². The number of hydrogen-bond donors (Lipinski definition) is 0. The molecule has 0 aromatic heterocycles. The minimum atomic E-state index is -0.828. The number of rotatable bonds is 38. The average molecular weight is 777 g/mol. The van der Waals surface area contributed by atoms with Crippen LogP contribution in [0.5, 0.6) is 0 Å². The molecule has 0 aliphatic rings. The van der Waals surface area contributed by atoms with Crippen LogP contribution in [0.1, 0.15) is 181 Å². The smallest absolute Gasteiger partial charge is 0.309 e. The van der Waals surface area contributed by atoms with E-state index >= 15 is 0 Å². The fraction of sp³-hybridized carbons (Fsp3) is 0.620. The number of hydrogen-bond acceptors (Lipinski definition) is 6. The van der Waals surface area contributed by atoms with Gasteiger partial charge >= 0.3 is 17.9 Å². The highest BCUT2D eigenvalue weighted by Crippen LogP contribution is 2.12. The topological polar surface area (TPSA) is 78.9 Å². The molecule has 1 unspecified atom stereocenters. The van der Waals surface area contributed by atoms with Gasteiger partial charge in [-0.3, -0.25) is 14.4 Å². The molecule has 0 saturated carbocycles. The van der Waals surface area contributed by atoms with Gasteiger partial charge in [0.25, 0.3) is 0 Å². The van der Waals surface area contributed by atoms with Gasteiger partial charge in [-0.25, -0.2) is 0 Å². The van der Waals surface area contributed by atoms with E-state index in [1.807, 2.05) is 6.08 Å². The van der Waals surface area contributed by atoms with E-state index in [0.717, 1.165) is 103 Å². The van der Waals surface area contributed by atoms with Crippen LogP contribution in [0.15, 0.2) is 97.2 Å².